The van der Waals surface area contributed by atoms with E-state index in [9.17, 15) is 0 Å². The predicted octanol–water partition coefficient (Wildman–Crippen LogP) is 2.27. The minimum absolute atomic E-state index is 0.104. The van der Waals surface area contributed by atoms with Gasteiger partial charge >= 0.3 is 0 Å². The molecular formula is C9H7Cl2N3O. The molecule has 2 aromatic rings. The summed E-state index contributed by atoms with van der Waals surface area (Å²) in [6, 6.07) is 0. The highest BCUT2D eigenvalue weighted by Crippen LogP contribution is 2.31. The van der Waals surface area contributed by atoms with Gasteiger partial charge in [-0.15, -0.1) is 0 Å². The number of H-pyrrole nitrogens is 1. The van der Waals surface area contributed by atoms with Gasteiger partial charge in [0.15, 0.2) is 0 Å². The fraction of sp³-hybridized carbons (Fsp3) is 0.111. The molecule has 0 aromatic carbocycles. The number of halogens is 2. The van der Waals surface area contributed by atoms with Gasteiger partial charge in [0.2, 0.25) is 0 Å². The van der Waals surface area contributed by atoms with E-state index in [-0.39, 0.29) is 6.61 Å². The Hall–Kier alpha value is -1.10. The van der Waals surface area contributed by atoms with Crippen molar-refractivity contribution in [1.82, 2.24) is 15.0 Å². The van der Waals surface area contributed by atoms with Gasteiger partial charge in [-0.1, -0.05) is 23.2 Å². The molecule has 0 aliphatic rings. The number of aliphatic hydroxyl groups excluding tert-OH is 1. The summed E-state index contributed by atoms with van der Waals surface area (Å²) in [5, 5.41) is 9.72. The Balaban J connectivity index is 2.53. The molecule has 0 radical (unpaired) electrons. The van der Waals surface area contributed by atoms with Crippen LogP contribution < -0.4 is 0 Å². The maximum atomic E-state index is 8.89. The summed E-state index contributed by atoms with van der Waals surface area (Å²) in [4.78, 5) is 10.8. The molecule has 0 bridgehead atoms. The summed E-state index contributed by atoms with van der Waals surface area (Å²) in [6.45, 7) is -0.104. The Bertz CT molecular complexity index is 464. The van der Waals surface area contributed by atoms with Crippen molar-refractivity contribution in [3.63, 3.8) is 0 Å². The van der Waals surface area contributed by atoms with Crippen molar-refractivity contribution in [2.75, 3.05) is 0 Å². The topological polar surface area (TPSA) is 61.8 Å². The zero-order valence-corrected chi connectivity index (χ0v) is 9.05. The first-order valence-electron chi connectivity index (χ1n) is 4.16. The molecule has 15 heavy (non-hydrogen) atoms. The van der Waals surface area contributed by atoms with E-state index in [1.807, 2.05) is 0 Å². The van der Waals surface area contributed by atoms with E-state index in [1.165, 1.54) is 18.6 Å². The molecular weight excluding hydrogens is 237 g/mol. The lowest BCUT2D eigenvalue weighted by Crippen LogP contribution is -1.87. The third-order valence-corrected chi connectivity index (χ3v) is 2.46. The number of pyridine rings is 1. The van der Waals surface area contributed by atoms with E-state index >= 15 is 0 Å². The average Bonchev–Trinajstić information content (AvgIpc) is 2.66. The maximum absolute atomic E-state index is 8.89. The van der Waals surface area contributed by atoms with Crippen LogP contribution >= 0.6 is 23.2 Å². The third kappa shape index (κ3) is 1.97. The summed E-state index contributed by atoms with van der Waals surface area (Å²) in [6.07, 6.45) is 4.51. The van der Waals surface area contributed by atoms with Crippen molar-refractivity contribution in [1.29, 1.82) is 0 Å². The predicted molar refractivity (Wildman–Crippen MR) is 57.8 cm³/mol. The molecule has 78 valence electrons. The first-order chi connectivity index (χ1) is 7.22. The molecule has 0 amide bonds. The molecule has 2 rings (SSSR count). The number of aromatic nitrogens is 3. The number of aromatic amines is 1. The number of nitrogens with zero attached hydrogens (tertiary/aromatic N) is 2. The fourth-order valence-corrected chi connectivity index (χ4v) is 1.75. The summed E-state index contributed by atoms with van der Waals surface area (Å²) in [5.41, 5.74) is 1.20. The molecule has 4 nitrogen and oxygen atoms in total. The van der Waals surface area contributed by atoms with E-state index in [2.05, 4.69) is 15.0 Å². The minimum Gasteiger partial charge on any atom is -0.390 e. The van der Waals surface area contributed by atoms with E-state index in [4.69, 9.17) is 28.3 Å². The molecule has 0 saturated heterocycles. The van der Waals surface area contributed by atoms with Gasteiger partial charge in [0, 0.05) is 12.4 Å². The number of aliphatic hydroxyl groups is 1. The highest BCUT2D eigenvalue weighted by molar-refractivity contribution is 6.38. The second-order valence-corrected chi connectivity index (χ2v) is 3.71. The van der Waals surface area contributed by atoms with Crippen molar-refractivity contribution in [3.8, 4) is 11.4 Å². The first-order valence-corrected chi connectivity index (χ1v) is 4.92. The van der Waals surface area contributed by atoms with Crippen LogP contribution in [-0.2, 0) is 6.61 Å². The van der Waals surface area contributed by atoms with Crippen LogP contribution in [0.5, 0.6) is 0 Å². The van der Waals surface area contributed by atoms with Gasteiger partial charge in [-0.05, 0) is 0 Å². The largest absolute Gasteiger partial charge is 0.390 e. The Kier molecular flexibility index (Phi) is 2.90. The lowest BCUT2D eigenvalue weighted by molar-refractivity contribution is 0.277. The number of rotatable bonds is 2. The van der Waals surface area contributed by atoms with Crippen molar-refractivity contribution in [2.45, 2.75) is 6.61 Å². The first kappa shape index (κ1) is 10.4. The van der Waals surface area contributed by atoms with E-state index in [0.717, 1.165) is 0 Å². The number of imidazole rings is 1. The molecule has 0 saturated carbocycles. The van der Waals surface area contributed by atoms with Crippen molar-refractivity contribution < 1.29 is 5.11 Å². The standard InChI is InChI=1S/C9H7Cl2N3O/c10-6-2-12-3-7(11)8(6)9-13-1-5(4-15)14-9/h1-3,15H,4H2,(H,13,14). The molecule has 0 aliphatic heterocycles. The Labute approximate surface area is 95.9 Å². The lowest BCUT2D eigenvalue weighted by Gasteiger charge is -2.02. The van der Waals surface area contributed by atoms with E-state index in [1.54, 1.807) is 0 Å². The summed E-state index contributed by atoms with van der Waals surface area (Å²) in [5.74, 6) is 0.524. The zero-order chi connectivity index (χ0) is 10.8. The molecule has 0 unspecified atom stereocenters. The number of hydrogen-bond acceptors (Lipinski definition) is 3. The molecule has 2 N–H and O–H groups in total. The monoisotopic (exact) mass is 243 g/mol. The van der Waals surface area contributed by atoms with Crippen molar-refractivity contribution >= 4 is 23.2 Å². The van der Waals surface area contributed by atoms with E-state index < -0.39 is 0 Å². The van der Waals surface area contributed by atoms with Crippen LogP contribution in [0.1, 0.15) is 5.69 Å². The van der Waals surface area contributed by atoms with Crippen LogP contribution in [0.25, 0.3) is 11.4 Å². The summed E-state index contributed by atoms with van der Waals surface area (Å²) < 4.78 is 0. The minimum atomic E-state index is -0.104. The number of nitrogens with one attached hydrogen (secondary N) is 1. The van der Waals surface area contributed by atoms with Gasteiger partial charge in [-0.2, -0.15) is 0 Å². The Morgan fingerprint density at radius 1 is 1.20 bits per heavy atom. The molecule has 0 fully saturated rings. The van der Waals surface area contributed by atoms with E-state index in [0.29, 0.717) is 27.1 Å². The van der Waals surface area contributed by atoms with Crippen molar-refractivity contribution in [2.24, 2.45) is 0 Å². The highest BCUT2D eigenvalue weighted by Gasteiger charge is 2.11. The second-order valence-electron chi connectivity index (χ2n) is 2.89. The van der Waals surface area contributed by atoms with Gasteiger partial charge in [0.25, 0.3) is 0 Å². The maximum Gasteiger partial charge on any atom is 0.140 e. The third-order valence-electron chi connectivity index (χ3n) is 1.89. The van der Waals surface area contributed by atoms with Crippen LogP contribution in [0.4, 0.5) is 0 Å². The van der Waals surface area contributed by atoms with Crippen LogP contribution in [0.2, 0.25) is 10.0 Å². The summed E-state index contributed by atoms with van der Waals surface area (Å²) in [7, 11) is 0. The van der Waals surface area contributed by atoms with Gasteiger partial charge in [-0.25, -0.2) is 4.98 Å². The smallest absolute Gasteiger partial charge is 0.140 e. The second kappa shape index (κ2) is 4.18. The lowest BCUT2D eigenvalue weighted by atomic mass is 10.2. The van der Waals surface area contributed by atoms with Crippen LogP contribution in [0.3, 0.4) is 0 Å². The molecule has 0 spiro atoms. The summed E-state index contributed by atoms with van der Waals surface area (Å²) >= 11 is 11.9. The highest BCUT2D eigenvalue weighted by atomic mass is 35.5. The van der Waals surface area contributed by atoms with Gasteiger partial charge < -0.3 is 10.1 Å². The Morgan fingerprint density at radius 2 is 1.87 bits per heavy atom. The molecule has 2 aromatic heterocycles. The quantitative estimate of drug-likeness (QED) is 0.851. The number of hydrogen-bond donors (Lipinski definition) is 2. The van der Waals surface area contributed by atoms with Crippen molar-refractivity contribution in [3.05, 3.63) is 34.3 Å². The van der Waals surface area contributed by atoms with Crippen LogP contribution in [-0.4, -0.2) is 20.1 Å². The molecule has 0 aliphatic carbocycles. The van der Waals surface area contributed by atoms with Crippen LogP contribution in [0.15, 0.2) is 18.6 Å². The van der Waals surface area contributed by atoms with Gasteiger partial charge in [0.1, 0.15) is 5.82 Å². The average molecular weight is 244 g/mol. The normalized spacial score (nSPS) is 10.6. The van der Waals surface area contributed by atoms with Gasteiger partial charge in [0.05, 0.1) is 34.1 Å². The SMILES string of the molecule is OCc1cnc(-c2c(Cl)cncc2Cl)[nH]1. The fourth-order valence-electron chi connectivity index (χ4n) is 1.20. The molecule has 0 atom stereocenters. The van der Waals surface area contributed by atoms with Crippen LogP contribution in [0, 0.1) is 0 Å². The van der Waals surface area contributed by atoms with Gasteiger partial charge in [-0.3, -0.25) is 4.98 Å². The zero-order valence-electron chi connectivity index (χ0n) is 7.54. The molecule has 2 heterocycles. The Morgan fingerprint density at radius 3 is 2.40 bits per heavy atom. The molecule has 6 heteroatoms.